The summed E-state index contributed by atoms with van der Waals surface area (Å²) in [4.78, 5) is 53.2. The van der Waals surface area contributed by atoms with Crippen LogP contribution in [0.25, 0.3) is 0 Å². The molecule has 0 bridgehead atoms. The Morgan fingerprint density at radius 1 is 0.800 bits per heavy atom. The number of carboxylic acids is 2. The normalized spacial score (nSPS) is 18.2. The highest BCUT2D eigenvalue weighted by atomic mass is 35.5. The summed E-state index contributed by atoms with van der Waals surface area (Å²) >= 11 is 6.00. The predicted octanol–water partition coefficient (Wildman–Crippen LogP) is 5.79. The molecule has 10 nitrogen and oxygen atoms in total. The van der Waals surface area contributed by atoms with Crippen LogP contribution in [-0.4, -0.2) is 113 Å². The number of hydrogen-bond acceptors (Lipinski definition) is 6. The molecule has 2 fully saturated rings. The molecule has 0 saturated carbocycles. The average molecular weight is 737 g/mol. The van der Waals surface area contributed by atoms with Crippen molar-refractivity contribution < 1.29 is 55.7 Å². The number of hydrogen-bond donors (Lipinski definition) is 2. The van der Waals surface area contributed by atoms with Gasteiger partial charge in [-0.05, 0) is 107 Å². The monoisotopic (exact) mass is 736 g/mol. The Morgan fingerprint density at radius 3 is 1.84 bits per heavy atom. The lowest BCUT2D eigenvalue weighted by molar-refractivity contribution is -0.193. The zero-order chi connectivity index (χ0) is 37.2. The quantitative estimate of drug-likeness (QED) is 0.370. The van der Waals surface area contributed by atoms with Crippen molar-refractivity contribution in [2.45, 2.75) is 57.0 Å². The first-order chi connectivity index (χ1) is 23.4. The van der Waals surface area contributed by atoms with E-state index >= 15 is 0 Å². The van der Waals surface area contributed by atoms with E-state index in [4.69, 9.17) is 31.4 Å². The molecule has 0 aromatic heterocycles. The second-order valence-corrected chi connectivity index (χ2v) is 12.7. The van der Waals surface area contributed by atoms with Crippen LogP contribution in [0.2, 0.25) is 5.02 Å². The van der Waals surface area contributed by atoms with Gasteiger partial charge in [0.2, 0.25) is 5.91 Å². The number of piperidine rings is 2. The molecule has 2 aromatic rings. The molecule has 0 radical (unpaired) electrons. The summed E-state index contributed by atoms with van der Waals surface area (Å²) in [5.74, 6) is -5.02. The molecule has 5 rings (SSSR count). The fourth-order valence-corrected chi connectivity index (χ4v) is 6.12. The van der Waals surface area contributed by atoms with Crippen LogP contribution in [0.4, 0.5) is 32.0 Å². The summed E-state index contributed by atoms with van der Waals surface area (Å²) in [6.45, 7) is 5.98. The molecule has 50 heavy (non-hydrogen) atoms. The van der Waals surface area contributed by atoms with Crippen LogP contribution < -0.4 is 4.90 Å². The van der Waals surface area contributed by atoms with Gasteiger partial charge < -0.3 is 29.8 Å². The molecule has 2 N–H and O–H groups in total. The minimum absolute atomic E-state index is 0.00831. The number of halogens is 7. The summed E-state index contributed by atoms with van der Waals surface area (Å²) in [5.41, 5.74) is 2.51. The van der Waals surface area contributed by atoms with Crippen LogP contribution in [-0.2, 0) is 20.9 Å². The van der Waals surface area contributed by atoms with Crippen molar-refractivity contribution in [3.8, 4) is 0 Å². The van der Waals surface area contributed by atoms with Crippen LogP contribution in [0.5, 0.6) is 0 Å². The maximum absolute atomic E-state index is 13.4. The maximum atomic E-state index is 13.4. The molecule has 2 aromatic carbocycles. The Balaban J connectivity index is 0.000000408. The number of para-hydroxylation sites is 1. The van der Waals surface area contributed by atoms with Crippen molar-refractivity contribution >= 4 is 41.0 Å². The van der Waals surface area contributed by atoms with Gasteiger partial charge in [0.15, 0.2) is 0 Å². The molecule has 3 aliphatic rings. The third-order valence-electron chi connectivity index (χ3n) is 8.75. The molecule has 0 spiro atoms. The largest absolute Gasteiger partial charge is 0.490 e. The van der Waals surface area contributed by atoms with E-state index in [0.717, 1.165) is 23.7 Å². The van der Waals surface area contributed by atoms with E-state index in [1.165, 1.54) is 51.9 Å². The smallest absolute Gasteiger partial charge is 0.475 e. The van der Waals surface area contributed by atoms with E-state index in [2.05, 4.69) is 16.8 Å². The Hall–Kier alpha value is -3.89. The highest BCUT2D eigenvalue weighted by molar-refractivity contribution is 6.30. The van der Waals surface area contributed by atoms with E-state index in [1.807, 2.05) is 29.2 Å². The molecule has 3 heterocycles. The number of aliphatic carboxylic acids is 2. The van der Waals surface area contributed by atoms with Gasteiger partial charge in [-0.15, -0.1) is 0 Å². The fraction of sp³-hybridized carbons (Fsp3) is 0.515. The lowest BCUT2D eigenvalue weighted by Crippen LogP contribution is -2.47. The summed E-state index contributed by atoms with van der Waals surface area (Å²) in [6, 6.07) is 15.6. The average Bonchev–Trinajstić information content (AvgIpc) is 3.19. The number of carboxylic acid groups (broad SMARTS) is 2. The number of likely N-dealkylation sites (tertiary alicyclic amines) is 2. The van der Waals surface area contributed by atoms with Crippen LogP contribution in [0.1, 0.15) is 48.0 Å². The summed E-state index contributed by atoms with van der Waals surface area (Å²) in [5, 5.41) is 14.8. The van der Waals surface area contributed by atoms with Gasteiger partial charge in [0, 0.05) is 35.4 Å². The predicted molar refractivity (Wildman–Crippen MR) is 172 cm³/mol. The topological polar surface area (TPSA) is 122 Å². The van der Waals surface area contributed by atoms with Crippen molar-refractivity contribution in [2.24, 2.45) is 5.92 Å². The number of nitrogens with zero attached hydrogens (tertiary/aromatic N) is 4. The zero-order valence-corrected chi connectivity index (χ0v) is 28.0. The first kappa shape index (κ1) is 40.5. The van der Waals surface area contributed by atoms with Gasteiger partial charge in [-0.2, -0.15) is 26.3 Å². The minimum atomic E-state index is -5.08. The molecular formula is C33H39ClF6N4O6. The van der Waals surface area contributed by atoms with Crippen molar-refractivity contribution in [3.05, 3.63) is 64.7 Å². The van der Waals surface area contributed by atoms with Crippen molar-refractivity contribution in [1.82, 2.24) is 14.7 Å². The fourth-order valence-electron chi connectivity index (χ4n) is 5.99. The lowest BCUT2D eigenvalue weighted by Gasteiger charge is -2.41. The maximum Gasteiger partial charge on any atom is 0.490 e. The van der Waals surface area contributed by atoms with Crippen LogP contribution in [0.3, 0.4) is 0 Å². The van der Waals surface area contributed by atoms with E-state index in [1.54, 1.807) is 29.2 Å². The van der Waals surface area contributed by atoms with Gasteiger partial charge >= 0.3 is 24.3 Å². The van der Waals surface area contributed by atoms with Crippen LogP contribution in [0.15, 0.2) is 48.5 Å². The SMILES string of the molecule is CN1CCC(N2CCC(CCN3C(=O)CN(C(=O)c4ccc(Cl)cc4)Cc4ccccc43)CC2)CC1.O=C(O)C(F)(F)F.O=C(O)C(F)(F)F. The number of benzene rings is 2. The lowest BCUT2D eigenvalue weighted by atomic mass is 9.91. The molecule has 0 unspecified atom stereocenters. The Bertz CT molecular complexity index is 1440. The number of anilines is 1. The molecule has 17 heteroatoms. The molecule has 2 saturated heterocycles. The van der Waals surface area contributed by atoms with Gasteiger partial charge in [0.25, 0.3) is 5.91 Å². The third-order valence-corrected chi connectivity index (χ3v) is 9.00. The van der Waals surface area contributed by atoms with Gasteiger partial charge in [0.1, 0.15) is 6.54 Å². The standard InChI is InChI=1S/C29H37ClN4O2.2C2HF3O2/c1-31-15-13-26(14-16-31)32-17-10-22(11-18-32)12-19-34-27-5-3-2-4-24(27)20-33(21-28(34)35)29(36)23-6-8-25(30)9-7-23;2*3-2(4,5)1(6)7/h2-9,22,26H,10-21H2,1H3;2*(H,6,7). The first-order valence-electron chi connectivity index (χ1n) is 15.8. The van der Waals surface area contributed by atoms with Crippen molar-refractivity contribution in [3.63, 3.8) is 0 Å². The van der Waals surface area contributed by atoms with Crippen LogP contribution >= 0.6 is 11.6 Å². The second-order valence-electron chi connectivity index (χ2n) is 12.3. The first-order valence-corrected chi connectivity index (χ1v) is 16.2. The zero-order valence-electron chi connectivity index (χ0n) is 27.2. The second kappa shape index (κ2) is 17.9. The number of carbonyl (C=O) groups is 4. The highest BCUT2D eigenvalue weighted by Gasteiger charge is 2.39. The number of carbonyl (C=O) groups excluding carboxylic acids is 2. The molecule has 0 atom stereocenters. The van der Waals surface area contributed by atoms with E-state index in [-0.39, 0.29) is 18.4 Å². The Kier molecular flexibility index (Phi) is 14.5. The van der Waals surface area contributed by atoms with Crippen molar-refractivity contribution in [2.75, 3.05) is 51.2 Å². The number of rotatable bonds is 5. The molecule has 3 aliphatic heterocycles. The van der Waals surface area contributed by atoms with E-state index in [9.17, 15) is 35.9 Å². The van der Waals surface area contributed by atoms with Gasteiger partial charge in [-0.3, -0.25) is 9.59 Å². The molecular weight excluding hydrogens is 698 g/mol. The van der Waals surface area contributed by atoms with Crippen molar-refractivity contribution in [1.29, 1.82) is 0 Å². The number of alkyl halides is 6. The highest BCUT2D eigenvalue weighted by Crippen LogP contribution is 2.30. The Morgan fingerprint density at radius 2 is 1.32 bits per heavy atom. The summed E-state index contributed by atoms with van der Waals surface area (Å²) in [6.07, 6.45) is -4.18. The van der Waals surface area contributed by atoms with E-state index in [0.29, 0.717) is 29.6 Å². The third kappa shape index (κ3) is 12.2. The Labute approximate surface area is 290 Å². The van der Waals surface area contributed by atoms with Crippen LogP contribution in [0, 0.1) is 5.92 Å². The summed E-state index contributed by atoms with van der Waals surface area (Å²) < 4.78 is 63.5. The van der Waals surface area contributed by atoms with Gasteiger partial charge in [0.05, 0.1) is 0 Å². The molecule has 2 amide bonds. The minimum Gasteiger partial charge on any atom is -0.475 e. The molecule has 0 aliphatic carbocycles. The van der Waals surface area contributed by atoms with Gasteiger partial charge in [-0.1, -0.05) is 29.8 Å². The number of amides is 2. The summed E-state index contributed by atoms with van der Waals surface area (Å²) in [7, 11) is 2.22. The van der Waals surface area contributed by atoms with Gasteiger partial charge in [-0.25, -0.2) is 9.59 Å². The van der Waals surface area contributed by atoms with E-state index < -0.39 is 24.3 Å². The molecule has 276 valence electrons. The number of fused-ring (bicyclic) bond motifs is 1.